The number of amides is 1. The Hall–Kier alpha value is -2.62. The van der Waals surface area contributed by atoms with Gasteiger partial charge in [-0.2, -0.15) is 5.26 Å². The quantitative estimate of drug-likeness (QED) is 0.484. The number of nitrogens with zero attached hydrogens (tertiary/aromatic N) is 1. The van der Waals surface area contributed by atoms with Crippen molar-refractivity contribution in [2.45, 2.75) is 19.3 Å². The lowest BCUT2D eigenvalue weighted by molar-refractivity contribution is -0.112. The highest BCUT2D eigenvalue weighted by Gasteiger charge is 2.28. The Labute approximate surface area is 159 Å². The van der Waals surface area contributed by atoms with Gasteiger partial charge in [0.05, 0.1) is 12.7 Å². The normalized spacial score (nSPS) is 13.0. The number of nitrogens with one attached hydrogen (secondary N) is 1. The smallest absolute Gasteiger partial charge is 0.341 e. The van der Waals surface area contributed by atoms with Crippen molar-refractivity contribution in [3.63, 3.8) is 0 Å². The van der Waals surface area contributed by atoms with Gasteiger partial charge in [0, 0.05) is 9.90 Å². The Balaban J connectivity index is 1.88. The van der Waals surface area contributed by atoms with Gasteiger partial charge in [-0.1, -0.05) is 23.7 Å². The lowest BCUT2D eigenvalue weighted by Gasteiger charge is -2.06. The summed E-state index contributed by atoms with van der Waals surface area (Å²) in [4.78, 5) is 25.8. The lowest BCUT2D eigenvalue weighted by Crippen LogP contribution is -2.15. The molecule has 5 nitrogen and oxygen atoms in total. The minimum atomic E-state index is -0.562. The van der Waals surface area contributed by atoms with Crippen molar-refractivity contribution < 1.29 is 14.3 Å². The Morgan fingerprint density at radius 1 is 1.31 bits per heavy atom. The van der Waals surface area contributed by atoms with Crippen LogP contribution in [0.25, 0.3) is 6.08 Å². The van der Waals surface area contributed by atoms with Gasteiger partial charge in [0.25, 0.3) is 5.91 Å². The summed E-state index contributed by atoms with van der Waals surface area (Å²) >= 11 is 7.21. The van der Waals surface area contributed by atoms with Crippen LogP contribution in [-0.2, 0) is 22.4 Å². The number of hydrogen-bond donors (Lipinski definition) is 1. The van der Waals surface area contributed by atoms with Gasteiger partial charge >= 0.3 is 5.97 Å². The number of thiophene rings is 1. The van der Waals surface area contributed by atoms with E-state index in [1.807, 2.05) is 6.07 Å². The van der Waals surface area contributed by atoms with Crippen molar-refractivity contribution in [3.8, 4) is 6.07 Å². The first-order chi connectivity index (χ1) is 12.5. The molecule has 1 aliphatic carbocycles. The number of benzene rings is 1. The summed E-state index contributed by atoms with van der Waals surface area (Å²) in [6.07, 6.45) is 4.13. The predicted molar refractivity (Wildman–Crippen MR) is 101 cm³/mol. The second kappa shape index (κ2) is 7.73. The Bertz CT molecular complexity index is 939. The summed E-state index contributed by atoms with van der Waals surface area (Å²) in [7, 11) is 1.31. The highest BCUT2D eigenvalue weighted by Crippen LogP contribution is 2.39. The number of fused-ring (bicyclic) bond motifs is 1. The lowest BCUT2D eigenvalue weighted by atomic mass is 10.1. The van der Waals surface area contributed by atoms with Crippen LogP contribution >= 0.6 is 22.9 Å². The van der Waals surface area contributed by atoms with Gasteiger partial charge in [-0.15, -0.1) is 11.3 Å². The summed E-state index contributed by atoms with van der Waals surface area (Å²) in [5.74, 6) is -1.03. The monoisotopic (exact) mass is 386 g/mol. The van der Waals surface area contributed by atoms with E-state index in [0.29, 0.717) is 21.2 Å². The molecule has 3 rings (SSSR count). The molecule has 0 aliphatic heterocycles. The standard InChI is InChI=1S/C19H15ClN2O3S/c1-25-19(24)16-14-3-2-4-15(14)26-18(16)22-17(23)12(10-21)9-11-5-7-13(20)8-6-11/h5-9H,2-4H2,1H3,(H,22,23)/b12-9+. The van der Waals surface area contributed by atoms with Crippen molar-refractivity contribution in [2.75, 3.05) is 12.4 Å². The van der Waals surface area contributed by atoms with Crippen LogP contribution in [0.3, 0.4) is 0 Å². The van der Waals surface area contributed by atoms with Crippen molar-refractivity contribution in [3.05, 3.63) is 56.4 Å². The molecule has 1 aliphatic rings. The summed E-state index contributed by atoms with van der Waals surface area (Å²) in [6.45, 7) is 0. The summed E-state index contributed by atoms with van der Waals surface area (Å²) in [5.41, 5.74) is 1.97. The predicted octanol–water partition coefficient (Wildman–Crippen LogP) is 4.22. The zero-order chi connectivity index (χ0) is 18.7. The zero-order valence-corrected chi connectivity index (χ0v) is 15.5. The van der Waals surface area contributed by atoms with Crippen LogP contribution in [0.5, 0.6) is 0 Å². The number of halogens is 1. The van der Waals surface area contributed by atoms with Crippen LogP contribution in [0.2, 0.25) is 5.02 Å². The molecule has 132 valence electrons. The SMILES string of the molecule is COC(=O)c1c(NC(=O)/C(C#N)=C/c2ccc(Cl)cc2)sc2c1CCC2. The molecular formula is C19H15ClN2O3S. The van der Waals surface area contributed by atoms with Crippen LogP contribution in [0, 0.1) is 11.3 Å². The van der Waals surface area contributed by atoms with Gasteiger partial charge < -0.3 is 10.1 Å². The van der Waals surface area contributed by atoms with Crippen LogP contribution < -0.4 is 5.32 Å². The van der Waals surface area contributed by atoms with Crippen molar-refractivity contribution in [2.24, 2.45) is 0 Å². The van der Waals surface area contributed by atoms with Crippen LogP contribution in [-0.4, -0.2) is 19.0 Å². The van der Waals surface area contributed by atoms with Gasteiger partial charge in [-0.25, -0.2) is 4.79 Å². The van der Waals surface area contributed by atoms with Gasteiger partial charge in [0.1, 0.15) is 16.6 Å². The molecule has 7 heteroatoms. The van der Waals surface area contributed by atoms with Crippen LogP contribution in [0.1, 0.15) is 32.8 Å². The third kappa shape index (κ3) is 3.64. The molecule has 0 saturated carbocycles. The molecule has 2 aromatic rings. The number of rotatable bonds is 4. The average molecular weight is 387 g/mol. The zero-order valence-electron chi connectivity index (χ0n) is 14.0. The molecule has 0 atom stereocenters. The van der Waals surface area contributed by atoms with E-state index in [1.54, 1.807) is 24.3 Å². The molecule has 1 aromatic carbocycles. The fourth-order valence-corrected chi connectivity index (χ4v) is 4.25. The van der Waals surface area contributed by atoms with E-state index in [1.165, 1.54) is 24.5 Å². The number of carbonyl (C=O) groups excluding carboxylic acids is 2. The van der Waals surface area contributed by atoms with Crippen molar-refractivity contribution >= 4 is 45.9 Å². The minimum absolute atomic E-state index is 0.0586. The first-order valence-corrected chi connectivity index (χ1v) is 9.14. The second-order valence-electron chi connectivity index (χ2n) is 5.73. The average Bonchev–Trinajstić information content (AvgIpc) is 3.21. The highest BCUT2D eigenvalue weighted by molar-refractivity contribution is 7.17. The van der Waals surface area contributed by atoms with Crippen molar-refractivity contribution in [1.29, 1.82) is 5.26 Å². The molecule has 0 spiro atoms. The van der Waals surface area contributed by atoms with E-state index >= 15 is 0 Å². The molecule has 26 heavy (non-hydrogen) atoms. The van der Waals surface area contributed by atoms with Gasteiger partial charge in [-0.3, -0.25) is 4.79 Å². The second-order valence-corrected chi connectivity index (χ2v) is 7.27. The molecule has 1 aromatic heterocycles. The number of nitriles is 1. The number of ether oxygens (including phenoxy) is 1. The fraction of sp³-hybridized carbons (Fsp3) is 0.211. The third-order valence-electron chi connectivity index (χ3n) is 4.08. The fourth-order valence-electron chi connectivity index (χ4n) is 2.86. The van der Waals surface area contributed by atoms with E-state index in [9.17, 15) is 14.9 Å². The molecule has 0 bridgehead atoms. The molecule has 1 heterocycles. The Morgan fingerprint density at radius 2 is 2.04 bits per heavy atom. The highest BCUT2D eigenvalue weighted by atomic mass is 35.5. The first-order valence-electron chi connectivity index (χ1n) is 7.95. The molecule has 1 amide bonds. The molecule has 0 unspecified atom stereocenters. The molecule has 0 saturated heterocycles. The van der Waals surface area contributed by atoms with Crippen LogP contribution in [0.15, 0.2) is 29.8 Å². The van der Waals surface area contributed by atoms with E-state index in [-0.39, 0.29) is 5.57 Å². The summed E-state index contributed by atoms with van der Waals surface area (Å²) < 4.78 is 4.86. The number of aryl methyl sites for hydroxylation is 1. The van der Waals surface area contributed by atoms with Crippen molar-refractivity contribution in [1.82, 2.24) is 0 Å². The largest absolute Gasteiger partial charge is 0.465 e. The Morgan fingerprint density at radius 3 is 2.69 bits per heavy atom. The van der Waals surface area contributed by atoms with Gasteiger partial charge in [0.2, 0.25) is 0 Å². The minimum Gasteiger partial charge on any atom is -0.465 e. The molecule has 0 radical (unpaired) electrons. The Kier molecular flexibility index (Phi) is 5.40. The number of hydrogen-bond acceptors (Lipinski definition) is 5. The number of anilines is 1. The van der Waals surface area contributed by atoms with Gasteiger partial charge in [0.15, 0.2) is 0 Å². The number of carbonyl (C=O) groups is 2. The molecular weight excluding hydrogens is 372 g/mol. The third-order valence-corrected chi connectivity index (χ3v) is 5.54. The maximum absolute atomic E-state index is 12.5. The summed E-state index contributed by atoms with van der Waals surface area (Å²) in [6, 6.07) is 8.69. The van der Waals surface area contributed by atoms with Crippen LogP contribution in [0.4, 0.5) is 5.00 Å². The number of esters is 1. The molecule has 0 fully saturated rings. The maximum Gasteiger partial charge on any atom is 0.341 e. The topological polar surface area (TPSA) is 79.2 Å². The maximum atomic E-state index is 12.5. The summed E-state index contributed by atoms with van der Waals surface area (Å²) in [5, 5.41) is 13.0. The van der Waals surface area contributed by atoms with E-state index in [2.05, 4.69) is 5.32 Å². The van der Waals surface area contributed by atoms with Gasteiger partial charge in [-0.05, 0) is 48.6 Å². The van der Waals surface area contributed by atoms with E-state index < -0.39 is 11.9 Å². The molecule has 1 N–H and O–H groups in total. The van der Waals surface area contributed by atoms with E-state index in [4.69, 9.17) is 16.3 Å². The van der Waals surface area contributed by atoms with E-state index in [0.717, 1.165) is 29.7 Å². The first kappa shape index (κ1) is 18.2. The number of methoxy groups -OCH3 is 1.